The molecule has 0 aliphatic heterocycles. The first kappa shape index (κ1) is 15.2. The summed E-state index contributed by atoms with van der Waals surface area (Å²) >= 11 is 4.12. The Morgan fingerprint density at radius 2 is 1.52 bits per heavy atom. The molecule has 2 amide bonds. The minimum atomic E-state index is -4.45. The van der Waals surface area contributed by atoms with Crippen molar-refractivity contribution < 1.29 is 18.0 Å². The second kappa shape index (κ2) is 6.09. The number of nitrogens with one attached hydrogen (secondary N) is 2. The molecule has 2 aromatic carbocycles. The number of alkyl halides is 3. The largest absolute Gasteiger partial charge is 0.416 e. The topological polar surface area (TPSA) is 41.1 Å². The van der Waals surface area contributed by atoms with Crippen LogP contribution < -0.4 is 10.6 Å². The molecule has 0 heterocycles. The van der Waals surface area contributed by atoms with Crippen LogP contribution >= 0.6 is 12.6 Å². The van der Waals surface area contributed by atoms with Crippen molar-refractivity contribution in [3.05, 3.63) is 54.1 Å². The molecule has 0 aromatic heterocycles. The van der Waals surface area contributed by atoms with Crippen LogP contribution in [0.15, 0.2) is 53.4 Å². The molecule has 7 heteroatoms. The molecule has 0 saturated carbocycles. The monoisotopic (exact) mass is 312 g/mol. The number of carbonyl (C=O) groups is 1. The van der Waals surface area contributed by atoms with E-state index in [0.717, 1.165) is 12.1 Å². The first-order valence-corrected chi connectivity index (χ1v) is 6.33. The standard InChI is InChI=1S/C14H11F3N2OS/c15-14(16,17)9-3-1-4-10(7-9)18-13(20)19-11-5-2-6-12(21)8-11/h1-8,21H,(H2,18,19,20). The van der Waals surface area contributed by atoms with E-state index >= 15 is 0 Å². The molecule has 0 aliphatic carbocycles. The smallest absolute Gasteiger partial charge is 0.308 e. The Kier molecular flexibility index (Phi) is 4.42. The first-order valence-electron chi connectivity index (χ1n) is 5.89. The zero-order valence-electron chi connectivity index (χ0n) is 10.6. The zero-order valence-corrected chi connectivity index (χ0v) is 11.5. The molecule has 2 rings (SSSR count). The molecule has 0 spiro atoms. The molecule has 0 radical (unpaired) electrons. The average Bonchev–Trinajstić information content (AvgIpc) is 2.37. The molecule has 2 aromatic rings. The van der Waals surface area contributed by atoms with Crippen molar-refractivity contribution in [2.24, 2.45) is 0 Å². The van der Waals surface area contributed by atoms with Crippen LogP contribution in [-0.2, 0) is 6.18 Å². The van der Waals surface area contributed by atoms with E-state index in [1.165, 1.54) is 12.1 Å². The second-order valence-electron chi connectivity index (χ2n) is 4.21. The molecule has 3 nitrogen and oxygen atoms in total. The van der Waals surface area contributed by atoms with Gasteiger partial charge in [0, 0.05) is 16.3 Å². The predicted octanol–water partition coefficient (Wildman–Crippen LogP) is 4.64. The normalized spacial score (nSPS) is 11.0. The van der Waals surface area contributed by atoms with Crippen LogP contribution in [-0.4, -0.2) is 6.03 Å². The summed E-state index contributed by atoms with van der Waals surface area (Å²) in [5.74, 6) is 0. The highest BCUT2D eigenvalue weighted by molar-refractivity contribution is 7.80. The lowest BCUT2D eigenvalue weighted by Gasteiger charge is -2.11. The molecule has 2 N–H and O–H groups in total. The van der Waals surface area contributed by atoms with Crippen LogP contribution in [0.4, 0.5) is 29.3 Å². The number of urea groups is 1. The van der Waals surface area contributed by atoms with Gasteiger partial charge in [-0.1, -0.05) is 12.1 Å². The lowest BCUT2D eigenvalue weighted by Crippen LogP contribution is -2.19. The number of hydrogen-bond donors (Lipinski definition) is 3. The second-order valence-corrected chi connectivity index (χ2v) is 4.72. The van der Waals surface area contributed by atoms with Crippen LogP contribution in [0.25, 0.3) is 0 Å². The number of benzene rings is 2. The van der Waals surface area contributed by atoms with Gasteiger partial charge < -0.3 is 10.6 Å². The molecule has 0 unspecified atom stereocenters. The molecular weight excluding hydrogens is 301 g/mol. The van der Waals surface area contributed by atoms with Crippen molar-refractivity contribution in [1.82, 2.24) is 0 Å². The molecule has 0 bridgehead atoms. The Labute approximate surface area is 124 Å². The number of carbonyl (C=O) groups excluding carboxylic acids is 1. The van der Waals surface area contributed by atoms with Crippen molar-refractivity contribution in [2.75, 3.05) is 10.6 Å². The molecule has 0 fully saturated rings. The lowest BCUT2D eigenvalue weighted by molar-refractivity contribution is -0.137. The van der Waals surface area contributed by atoms with E-state index in [1.54, 1.807) is 24.3 Å². The van der Waals surface area contributed by atoms with Crippen molar-refractivity contribution in [2.45, 2.75) is 11.1 Å². The molecule has 0 atom stereocenters. The third kappa shape index (κ3) is 4.42. The van der Waals surface area contributed by atoms with E-state index in [0.29, 0.717) is 10.6 Å². The van der Waals surface area contributed by atoms with E-state index in [2.05, 4.69) is 23.3 Å². The third-order valence-corrected chi connectivity index (χ3v) is 2.83. The van der Waals surface area contributed by atoms with E-state index < -0.39 is 17.8 Å². The molecule has 21 heavy (non-hydrogen) atoms. The summed E-state index contributed by atoms with van der Waals surface area (Å²) < 4.78 is 37.7. The van der Waals surface area contributed by atoms with Crippen molar-refractivity contribution >= 4 is 30.0 Å². The highest BCUT2D eigenvalue weighted by atomic mass is 32.1. The summed E-state index contributed by atoms with van der Waals surface area (Å²) in [6.45, 7) is 0. The van der Waals surface area contributed by atoms with Gasteiger partial charge in [0.25, 0.3) is 0 Å². The van der Waals surface area contributed by atoms with Crippen molar-refractivity contribution in [3.63, 3.8) is 0 Å². The summed E-state index contributed by atoms with van der Waals surface area (Å²) in [4.78, 5) is 12.4. The average molecular weight is 312 g/mol. The van der Waals surface area contributed by atoms with E-state index in [-0.39, 0.29) is 5.69 Å². The fourth-order valence-corrected chi connectivity index (χ4v) is 1.88. The van der Waals surface area contributed by atoms with Gasteiger partial charge in [-0.15, -0.1) is 12.6 Å². The third-order valence-electron chi connectivity index (χ3n) is 2.55. The fraction of sp³-hybridized carbons (Fsp3) is 0.0714. The Balaban J connectivity index is 2.06. The summed E-state index contributed by atoms with van der Waals surface area (Å²) in [7, 11) is 0. The number of anilines is 2. The number of thiol groups is 1. The van der Waals surface area contributed by atoms with Crippen LogP contribution in [0, 0.1) is 0 Å². The van der Waals surface area contributed by atoms with Gasteiger partial charge in [0.15, 0.2) is 0 Å². The minimum Gasteiger partial charge on any atom is -0.308 e. The first-order chi connectivity index (χ1) is 9.84. The molecule has 0 aliphatic rings. The Bertz CT molecular complexity index is 659. The highest BCUT2D eigenvalue weighted by Gasteiger charge is 2.30. The van der Waals surface area contributed by atoms with Gasteiger partial charge in [-0.3, -0.25) is 0 Å². The van der Waals surface area contributed by atoms with Crippen LogP contribution in [0.2, 0.25) is 0 Å². The fourth-order valence-electron chi connectivity index (χ4n) is 1.65. The summed E-state index contributed by atoms with van der Waals surface area (Å²) in [5, 5.41) is 4.86. The SMILES string of the molecule is O=C(Nc1cccc(S)c1)Nc1cccc(C(F)(F)F)c1. The van der Waals surface area contributed by atoms with Gasteiger partial charge in [-0.25, -0.2) is 4.79 Å². The zero-order chi connectivity index (χ0) is 15.5. The maximum Gasteiger partial charge on any atom is 0.416 e. The maximum absolute atomic E-state index is 12.6. The summed E-state index contributed by atoms with van der Waals surface area (Å²) in [6, 6.07) is 10.5. The minimum absolute atomic E-state index is 0.0596. The molecule has 110 valence electrons. The lowest BCUT2D eigenvalue weighted by atomic mass is 10.2. The van der Waals surface area contributed by atoms with Gasteiger partial charge in [0.05, 0.1) is 5.56 Å². The van der Waals surface area contributed by atoms with Crippen LogP contribution in [0.5, 0.6) is 0 Å². The number of rotatable bonds is 2. The predicted molar refractivity (Wildman–Crippen MR) is 77.8 cm³/mol. The quantitative estimate of drug-likeness (QED) is 0.695. The Morgan fingerprint density at radius 3 is 2.10 bits per heavy atom. The van der Waals surface area contributed by atoms with Gasteiger partial charge >= 0.3 is 12.2 Å². The van der Waals surface area contributed by atoms with Crippen molar-refractivity contribution in [1.29, 1.82) is 0 Å². The highest BCUT2D eigenvalue weighted by Crippen LogP contribution is 2.30. The summed E-state index contributed by atoms with van der Waals surface area (Å²) in [5.41, 5.74) is -0.269. The van der Waals surface area contributed by atoms with E-state index in [4.69, 9.17) is 0 Å². The van der Waals surface area contributed by atoms with Crippen molar-refractivity contribution in [3.8, 4) is 0 Å². The maximum atomic E-state index is 12.6. The Morgan fingerprint density at radius 1 is 0.952 bits per heavy atom. The summed E-state index contributed by atoms with van der Waals surface area (Å²) in [6.07, 6.45) is -4.45. The Hall–Kier alpha value is -2.15. The van der Waals surface area contributed by atoms with Gasteiger partial charge in [0.1, 0.15) is 0 Å². The number of amides is 2. The van der Waals surface area contributed by atoms with Gasteiger partial charge in [0.2, 0.25) is 0 Å². The number of halogens is 3. The number of hydrogen-bond acceptors (Lipinski definition) is 2. The van der Waals surface area contributed by atoms with Gasteiger partial charge in [-0.05, 0) is 36.4 Å². The van der Waals surface area contributed by atoms with Crippen LogP contribution in [0.3, 0.4) is 0 Å². The molecule has 0 saturated heterocycles. The van der Waals surface area contributed by atoms with Gasteiger partial charge in [-0.2, -0.15) is 13.2 Å². The van der Waals surface area contributed by atoms with E-state index in [1.807, 2.05) is 0 Å². The molecular formula is C14H11F3N2OS. The van der Waals surface area contributed by atoms with E-state index in [9.17, 15) is 18.0 Å². The van der Waals surface area contributed by atoms with Crippen LogP contribution in [0.1, 0.15) is 5.56 Å².